The molecule has 2 heterocycles. The van der Waals surface area contributed by atoms with E-state index in [1.165, 1.54) is 24.8 Å². The van der Waals surface area contributed by atoms with Crippen LogP contribution in [0.15, 0.2) is 55.1 Å². The van der Waals surface area contributed by atoms with Crippen molar-refractivity contribution in [3.8, 4) is 5.69 Å². The summed E-state index contributed by atoms with van der Waals surface area (Å²) in [5.41, 5.74) is 1.24. The molecule has 1 aliphatic rings. The quantitative estimate of drug-likeness (QED) is 0.656. The van der Waals surface area contributed by atoms with E-state index in [0.717, 1.165) is 0 Å². The van der Waals surface area contributed by atoms with E-state index in [0.29, 0.717) is 42.6 Å². The first-order chi connectivity index (χ1) is 15.0. The molecule has 2 amide bonds. The van der Waals surface area contributed by atoms with E-state index in [-0.39, 0.29) is 23.9 Å². The number of hydrogen-bond acceptors (Lipinski definition) is 5. The number of hydrogen-bond donors (Lipinski definition) is 1. The fourth-order valence-corrected chi connectivity index (χ4v) is 3.62. The molecule has 0 bridgehead atoms. The Kier molecular flexibility index (Phi) is 6.24. The Bertz CT molecular complexity index is 1080. The van der Waals surface area contributed by atoms with Gasteiger partial charge in [0.1, 0.15) is 18.5 Å². The van der Waals surface area contributed by atoms with Crippen LogP contribution in [-0.2, 0) is 4.79 Å². The van der Waals surface area contributed by atoms with Crippen LogP contribution in [0.3, 0.4) is 0 Å². The highest BCUT2D eigenvalue weighted by molar-refractivity contribution is 6.31. The molecule has 1 aliphatic heterocycles. The molecule has 0 spiro atoms. The zero-order chi connectivity index (χ0) is 21.8. The van der Waals surface area contributed by atoms with Crippen LogP contribution in [0.25, 0.3) is 5.69 Å². The molecular weight excluding hydrogens is 423 g/mol. The van der Waals surface area contributed by atoms with E-state index < -0.39 is 5.82 Å². The number of rotatable bonds is 5. The first kappa shape index (κ1) is 21.0. The zero-order valence-corrected chi connectivity index (χ0v) is 17.3. The maximum absolute atomic E-state index is 13.9. The van der Waals surface area contributed by atoms with Crippen molar-refractivity contribution in [2.45, 2.75) is 0 Å². The third-order valence-corrected chi connectivity index (χ3v) is 5.26. The van der Waals surface area contributed by atoms with Crippen molar-refractivity contribution in [3.05, 3.63) is 71.5 Å². The van der Waals surface area contributed by atoms with Crippen LogP contribution in [0.1, 0.15) is 10.4 Å². The van der Waals surface area contributed by atoms with E-state index in [1.54, 1.807) is 39.9 Å². The molecule has 1 N–H and O–H groups in total. The van der Waals surface area contributed by atoms with Gasteiger partial charge in [-0.2, -0.15) is 5.10 Å². The number of nitrogens with one attached hydrogen (secondary N) is 1. The number of carbonyl (C=O) groups is 2. The fraction of sp³-hybridized carbons (Fsp3) is 0.238. The SMILES string of the molecule is O=C(CN1CCN(C(=O)c2ccccc2F)CC1)Nc1cc(Cl)ccc1-n1cncn1. The van der Waals surface area contributed by atoms with Gasteiger partial charge in [0.2, 0.25) is 5.91 Å². The second kappa shape index (κ2) is 9.23. The third kappa shape index (κ3) is 4.89. The Morgan fingerprint density at radius 2 is 1.87 bits per heavy atom. The number of anilines is 1. The number of nitrogens with zero attached hydrogens (tertiary/aromatic N) is 5. The maximum Gasteiger partial charge on any atom is 0.256 e. The molecule has 0 unspecified atom stereocenters. The van der Waals surface area contributed by atoms with E-state index in [1.807, 2.05) is 4.90 Å². The molecule has 1 fully saturated rings. The Hall–Kier alpha value is -3.30. The van der Waals surface area contributed by atoms with Gasteiger partial charge in [-0.3, -0.25) is 14.5 Å². The summed E-state index contributed by atoms with van der Waals surface area (Å²) in [7, 11) is 0. The molecule has 2 aromatic carbocycles. The maximum atomic E-state index is 13.9. The van der Waals surface area contributed by atoms with Crippen LogP contribution < -0.4 is 5.32 Å². The molecule has 0 radical (unpaired) electrons. The lowest BCUT2D eigenvalue weighted by Crippen LogP contribution is -2.50. The molecule has 1 saturated heterocycles. The second-order valence-electron chi connectivity index (χ2n) is 7.10. The topological polar surface area (TPSA) is 83.4 Å². The predicted octanol–water partition coefficient (Wildman–Crippen LogP) is 2.46. The summed E-state index contributed by atoms with van der Waals surface area (Å²) in [4.78, 5) is 32.6. The van der Waals surface area contributed by atoms with Gasteiger partial charge in [-0.05, 0) is 30.3 Å². The van der Waals surface area contributed by atoms with Gasteiger partial charge in [-0.15, -0.1) is 0 Å². The molecule has 4 rings (SSSR count). The lowest BCUT2D eigenvalue weighted by atomic mass is 10.1. The molecular formula is C21H20ClFN6O2. The molecule has 1 aromatic heterocycles. The van der Waals surface area contributed by atoms with E-state index >= 15 is 0 Å². The third-order valence-electron chi connectivity index (χ3n) is 5.03. The van der Waals surface area contributed by atoms with Gasteiger partial charge < -0.3 is 10.2 Å². The summed E-state index contributed by atoms with van der Waals surface area (Å²) in [6, 6.07) is 11.1. The Morgan fingerprint density at radius 1 is 1.10 bits per heavy atom. The smallest absolute Gasteiger partial charge is 0.256 e. The minimum atomic E-state index is -0.529. The van der Waals surface area contributed by atoms with Crippen molar-refractivity contribution in [2.75, 3.05) is 38.0 Å². The summed E-state index contributed by atoms with van der Waals surface area (Å²) in [5.74, 6) is -1.07. The van der Waals surface area contributed by atoms with Crippen molar-refractivity contribution in [3.63, 3.8) is 0 Å². The monoisotopic (exact) mass is 442 g/mol. The molecule has 160 valence electrons. The van der Waals surface area contributed by atoms with E-state index in [9.17, 15) is 14.0 Å². The number of aromatic nitrogens is 3. The number of carbonyl (C=O) groups excluding carboxylic acids is 2. The van der Waals surface area contributed by atoms with Crippen LogP contribution in [0.4, 0.5) is 10.1 Å². The zero-order valence-electron chi connectivity index (χ0n) is 16.5. The molecule has 0 saturated carbocycles. The van der Waals surface area contributed by atoms with Gasteiger partial charge in [-0.25, -0.2) is 14.1 Å². The number of benzene rings is 2. The molecule has 0 aliphatic carbocycles. The first-order valence-corrected chi connectivity index (χ1v) is 10.1. The molecule has 0 atom stereocenters. The van der Waals surface area contributed by atoms with Gasteiger partial charge in [-0.1, -0.05) is 23.7 Å². The van der Waals surface area contributed by atoms with Crippen LogP contribution in [0.2, 0.25) is 5.02 Å². The summed E-state index contributed by atoms with van der Waals surface area (Å²) in [5, 5.41) is 7.45. The normalized spacial score (nSPS) is 14.5. The molecule has 3 aromatic rings. The molecule has 10 heteroatoms. The van der Waals surface area contributed by atoms with Gasteiger partial charge in [0.25, 0.3) is 5.91 Å². The summed E-state index contributed by atoms with van der Waals surface area (Å²) in [6.45, 7) is 2.02. The van der Waals surface area contributed by atoms with Crippen molar-refractivity contribution >= 4 is 29.1 Å². The number of piperazine rings is 1. The Balaban J connectivity index is 1.35. The average molecular weight is 443 g/mol. The largest absolute Gasteiger partial charge is 0.336 e. The second-order valence-corrected chi connectivity index (χ2v) is 7.53. The Morgan fingerprint density at radius 3 is 2.58 bits per heavy atom. The van der Waals surface area contributed by atoms with Gasteiger partial charge in [0.05, 0.1) is 23.5 Å². The molecule has 31 heavy (non-hydrogen) atoms. The van der Waals surface area contributed by atoms with Gasteiger partial charge in [0.15, 0.2) is 0 Å². The summed E-state index contributed by atoms with van der Waals surface area (Å²) < 4.78 is 15.4. The fourth-order valence-electron chi connectivity index (χ4n) is 3.45. The highest BCUT2D eigenvalue weighted by atomic mass is 35.5. The van der Waals surface area contributed by atoms with Crippen molar-refractivity contribution in [1.29, 1.82) is 0 Å². The van der Waals surface area contributed by atoms with Crippen LogP contribution in [0.5, 0.6) is 0 Å². The number of amides is 2. The summed E-state index contributed by atoms with van der Waals surface area (Å²) in [6.07, 6.45) is 2.94. The first-order valence-electron chi connectivity index (χ1n) is 9.72. The van der Waals surface area contributed by atoms with E-state index in [2.05, 4.69) is 15.4 Å². The van der Waals surface area contributed by atoms with Crippen LogP contribution in [-0.4, -0.2) is 69.1 Å². The lowest BCUT2D eigenvalue weighted by Gasteiger charge is -2.34. The van der Waals surface area contributed by atoms with Crippen molar-refractivity contribution < 1.29 is 14.0 Å². The minimum absolute atomic E-state index is 0.0651. The lowest BCUT2D eigenvalue weighted by molar-refractivity contribution is -0.117. The van der Waals surface area contributed by atoms with Crippen LogP contribution in [0, 0.1) is 5.82 Å². The standard InChI is InChI=1S/C21H20ClFN6O2/c22-15-5-6-19(29-14-24-13-25-29)18(11-15)26-20(30)12-27-7-9-28(10-8-27)21(31)16-3-1-2-4-17(16)23/h1-6,11,13-14H,7-10,12H2,(H,26,30). The van der Waals surface area contributed by atoms with E-state index in [4.69, 9.17) is 11.6 Å². The highest BCUT2D eigenvalue weighted by Gasteiger charge is 2.25. The van der Waals surface area contributed by atoms with Gasteiger partial charge >= 0.3 is 0 Å². The average Bonchev–Trinajstić information content (AvgIpc) is 3.29. The summed E-state index contributed by atoms with van der Waals surface area (Å²) >= 11 is 6.09. The number of halogens is 2. The molecule has 8 nitrogen and oxygen atoms in total. The van der Waals surface area contributed by atoms with Gasteiger partial charge in [0, 0.05) is 31.2 Å². The predicted molar refractivity (Wildman–Crippen MR) is 114 cm³/mol. The Labute approximate surface area is 183 Å². The minimum Gasteiger partial charge on any atom is -0.336 e. The van der Waals surface area contributed by atoms with Crippen molar-refractivity contribution in [2.24, 2.45) is 0 Å². The highest BCUT2D eigenvalue weighted by Crippen LogP contribution is 2.24. The van der Waals surface area contributed by atoms with Crippen LogP contribution >= 0.6 is 11.6 Å². The van der Waals surface area contributed by atoms with Crippen molar-refractivity contribution in [1.82, 2.24) is 24.6 Å².